The van der Waals surface area contributed by atoms with Crippen LogP contribution in [-0.2, 0) is 0 Å². The van der Waals surface area contributed by atoms with E-state index in [4.69, 9.17) is 0 Å². The summed E-state index contributed by atoms with van der Waals surface area (Å²) in [6, 6.07) is 0. The number of hydrogen-bond acceptors (Lipinski definition) is 4. The molecular weight excluding hydrogens is 424 g/mol. The second kappa shape index (κ2) is 8.43. The first-order valence-corrected chi connectivity index (χ1v) is 13.7. The summed E-state index contributed by atoms with van der Waals surface area (Å²) in [5.74, 6) is 1.33. The van der Waals surface area contributed by atoms with Crippen molar-refractivity contribution in [3.05, 3.63) is 23.8 Å². The summed E-state index contributed by atoms with van der Waals surface area (Å²) < 4.78 is 0. The van der Waals surface area contributed by atoms with E-state index in [0.717, 1.165) is 44.9 Å². The first-order valence-electron chi connectivity index (χ1n) is 13.7. The van der Waals surface area contributed by atoms with Gasteiger partial charge < -0.3 is 20.4 Å². The lowest BCUT2D eigenvalue weighted by Crippen LogP contribution is -2.64. The van der Waals surface area contributed by atoms with Crippen LogP contribution in [0.25, 0.3) is 0 Å². The molecule has 0 bridgehead atoms. The first-order chi connectivity index (χ1) is 15.6. The van der Waals surface area contributed by atoms with Crippen LogP contribution in [0.4, 0.5) is 0 Å². The largest absolute Gasteiger partial charge is 0.396 e. The van der Waals surface area contributed by atoms with Crippen LogP contribution in [0.5, 0.6) is 0 Å². The van der Waals surface area contributed by atoms with Crippen LogP contribution in [0.1, 0.15) is 93.4 Å². The van der Waals surface area contributed by atoms with E-state index in [1.165, 1.54) is 5.57 Å². The average Bonchev–Trinajstić information content (AvgIpc) is 3.01. The summed E-state index contributed by atoms with van der Waals surface area (Å²) in [5.41, 5.74) is -0.220. The molecule has 0 aromatic rings. The summed E-state index contributed by atoms with van der Waals surface area (Å²) in [4.78, 5) is 0. The van der Waals surface area contributed by atoms with Crippen molar-refractivity contribution < 1.29 is 20.4 Å². The smallest absolute Gasteiger partial charge is 0.0771 e. The lowest BCUT2D eigenvalue weighted by Gasteiger charge is -2.67. The van der Waals surface area contributed by atoms with Gasteiger partial charge in [0.1, 0.15) is 0 Å². The molecule has 0 spiro atoms. The van der Waals surface area contributed by atoms with Gasteiger partial charge in [-0.1, -0.05) is 58.4 Å². The Morgan fingerprint density at radius 2 is 1.71 bits per heavy atom. The third kappa shape index (κ3) is 3.69. The standard InChI is InChI=1S/C30H50O4/c1-19(9-8-13-26(2,3)34)20-12-14-29(7)25-23(32)17-22-21(10-11-24(33)27(22,4)5)30(25,18-31)16-15-28(20,29)6/h8,13,17,19-21,23-25,31-34H,9-12,14-16,18H2,1-7H3/b13-8+/t19-,20-,21?,23?,24+,25?,28-,29+,30-/m1/s1. The molecule has 4 aliphatic carbocycles. The third-order valence-corrected chi connectivity index (χ3v) is 11.6. The maximum atomic E-state index is 11.7. The van der Waals surface area contributed by atoms with Gasteiger partial charge in [0, 0.05) is 23.4 Å². The molecule has 9 atom stereocenters. The molecule has 4 rings (SSSR count). The van der Waals surface area contributed by atoms with Crippen LogP contribution in [0, 0.1) is 45.3 Å². The maximum Gasteiger partial charge on any atom is 0.0771 e. The molecule has 3 unspecified atom stereocenters. The van der Waals surface area contributed by atoms with Crippen molar-refractivity contribution in [1.82, 2.24) is 0 Å². The molecule has 4 N–H and O–H groups in total. The number of hydrogen-bond donors (Lipinski definition) is 4. The topological polar surface area (TPSA) is 80.9 Å². The summed E-state index contributed by atoms with van der Waals surface area (Å²) in [5, 5.41) is 43.6. The zero-order valence-electron chi connectivity index (χ0n) is 22.6. The van der Waals surface area contributed by atoms with Gasteiger partial charge in [-0.2, -0.15) is 0 Å². The molecule has 4 aliphatic rings. The molecule has 0 radical (unpaired) electrons. The highest BCUT2D eigenvalue weighted by Crippen LogP contribution is 2.74. The van der Waals surface area contributed by atoms with E-state index < -0.39 is 17.8 Å². The van der Waals surface area contributed by atoms with Crippen molar-refractivity contribution in [2.45, 2.75) is 111 Å². The molecule has 0 aliphatic heterocycles. The van der Waals surface area contributed by atoms with Gasteiger partial charge in [0.25, 0.3) is 0 Å². The molecule has 3 fully saturated rings. The highest BCUT2D eigenvalue weighted by molar-refractivity contribution is 5.33. The molecule has 0 amide bonds. The Labute approximate surface area is 207 Å². The van der Waals surface area contributed by atoms with Gasteiger partial charge in [0.15, 0.2) is 0 Å². The molecule has 0 aromatic heterocycles. The van der Waals surface area contributed by atoms with Crippen LogP contribution in [-0.4, -0.2) is 44.8 Å². The highest BCUT2D eigenvalue weighted by atomic mass is 16.3. The molecule has 194 valence electrons. The summed E-state index contributed by atoms with van der Waals surface area (Å²) in [6.45, 7) is 15.2. The van der Waals surface area contributed by atoms with E-state index in [2.05, 4.69) is 46.8 Å². The summed E-state index contributed by atoms with van der Waals surface area (Å²) in [7, 11) is 0. The predicted molar refractivity (Wildman–Crippen MR) is 137 cm³/mol. The molecule has 0 aromatic carbocycles. The zero-order chi connectivity index (χ0) is 25.3. The van der Waals surface area contributed by atoms with Gasteiger partial charge in [-0.15, -0.1) is 0 Å². The second-order valence-electron chi connectivity index (χ2n) is 14.1. The van der Waals surface area contributed by atoms with Crippen LogP contribution < -0.4 is 0 Å². The van der Waals surface area contributed by atoms with Crippen LogP contribution in [0.15, 0.2) is 23.8 Å². The summed E-state index contributed by atoms with van der Waals surface area (Å²) >= 11 is 0. The monoisotopic (exact) mass is 474 g/mol. The molecule has 4 nitrogen and oxygen atoms in total. The average molecular weight is 475 g/mol. The minimum absolute atomic E-state index is 0.0349. The van der Waals surface area contributed by atoms with Gasteiger partial charge >= 0.3 is 0 Å². The fraction of sp³-hybridized carbons (Fsp3) is 0.867. The molecule has 4 heteroatoms. The normalized spacial score (nSPS) is 47.0. The number of allylic oxidation sites excluding steroid dienone is 1. The van der Waals surface area contributed by atoms with Crippen molar-refractivity contribution in [3.8, 4) is 0 Å². The Morgan fingerprint density at radius 1 is 1.03 bits per heavy atom. The first kappa shape index (κ1) is 26.4. The fourth-order valence-electron chi connectivity index (χ4n) is 9.48. The molecule has 34 heavy (non-hydrogen) atoms. The van der Waals surface area contributed by atoms with Gasteiger partial charge in [-0.25, -0.2) is 0 Å². The minimum Gasteiger partial charge on any atom is -0.396 e. The van der Waals surface area contributed by atoms with Gasteiger partial charge in [-0.3, -0.25) is 0 Å². The number of rotatable bonds is 5. The van der Waals surface area contributed by atoms with Crippen LogP contribution in [0.3, 0.4) is 0 Å². The minimum atomic E-state index is -0.781. The molecule has 3 saturated carbocycles. The van der Waals surface area contributed by atoms with Crippen LogP contribution in [0.2, 0.25) is 0 Å². The fourth-order valence-corrected chi connectivity index (χ4v) is 9.48. The van der Waals surface area contributed by atoms with E-state index in [1.807, 2.05) is 19.9 Å². The number of aliphatic hydroxyl groups is 4. The zero-order valence-corrected chi connectivity index (χ0v) is 22.6. The van der Waals surface area contributed by atoms with Gasteiger partial charge in [-0.05, 0) is 87.4 Å². The third-order valence-electron chi connectivity index (χ3n) is 11.6. The number of fused-ring (bicyclic) bond motifs is 5. The predicted octanol–water partition coefficient (Wildman–Crippen LogP) is 5.25. The Balaban J connectivity index is 1.70. The Bertz CT molecular complexity index is 837. The van der Waals surface area contributed by atoms with Crippen molar-refractivity contribution in [3.63, 3.8) is 0 Å². The molecule has 0 heterocycles. The van der Waals surface area contributed by atoms with Crippen LogP contribution >= 0.6 is 0 Å². The van der Waals surface area contributed by atoms with E-state index in [0.29, 0.717) is 11.8 Å². The Morgan fingerprint density at radius 3 is 2.32 bits per heavy atom. The van der Waals surface area contributed by atoms with E-state index in [9.17, 15) is 20.4 Å². The lowest BCUT2D eigenvalue weighted by molar-refractivity contribution is -0.197. The highest BCUT2D eigenvalue weighted by Gasteiger charge is 2.70. The van der Waals surface area contributed by atoms with Crippen molar-refractivity contribution >= 4 is 0 Å². The quantitative estimate of drug-likeness (QED) is 0.410. The maximum absolute atomic E-state index is 11.7. The van der Waals surface area contributed by atoms with Crippen molar-refractivity contribution in [2.24, 2.45) is 45.3 Å². The van der Waals surface area contributed by atoms with Gasteiger partial charge in [0.05, 0.1) is 17.8 Å². The Kier molecular flexibility index (Phi) is 6.54. The van der Waals surface area contributed by atoms with Crippen molar-refractivity contribution in [2.75, 3.05) is 6.61 Å². The SMILES string of the molecule is C[C@H](C/C=C/C(C)(C)O)[C@H]1CC[C@@]2(C)C3C(O)C=C4C(CC[C@H](O)C4(C)C)[C@]3(CO)CC[C@]12C. The lowest BCUT2D eigenvalue weighted by atomic mass is 9.38. The van der Waals surface area contributed by atoms with Gasteiger partial charge in [0.2, 0.25) is 0 Å². The second-order valence-corrected chi connectivity index (χ2v) is 14.1. The van der Waals surface area contributed by atoms with E-state index >= 15 is 0 Å². The van der Waals surface area contributed by atoms with E-state index in [-0.39, 0.29) is 40.1 Å². The summed E-state index contributed by atoms with van der Waals surface area (Å²) in [6.07, 6.45) is 12.0. The molecular formula is C30H50O4. The molecule has 0 saturated heterocycles. The van der Waals surface area contributed by atoms with E-state index in [1.54, 1.807) is 0 Å². The number of aliphatic hydroxyl groups excluding tert-OH is 3. The van der Waals surface area contributed by atoms with Crippen molar-refractivity contribution in [1.29, 1.82) is 0 Å². The Hall–Kier alpha value is -0.680.